The van der Waals surface area contributed by atoms with Crippen molar-refractivity contribution in [2.45, 2.75) is 0 Å². The molecule has 10 aromatic rings. The first-order valence-electron chi connectivity index (χ1n) is 18.5. The van der Waals surface area contributed by atoms with E-state index in [1.165, 1.54) is 10.8 Å². The van der Waals surface area contributed by atoms with Crippen molar-refractivity contribution in [3.63, 3.8) is 0 Å². The molecule has 0 bridgehead atoms. The van der Waals surface area contributed by atoms with Crippen molar-refractivity contribution in [3.8, 4) is 45.3 Å². The van der Waals surface area contributed by atoms with Crippen molar-refractivity contribution in [2.24, 2.45) is 7.05 Å². The van der Waals surface area contributed by atoms with E-state index in [1.54, 1.807) is 0 Å². The van der Waals surface area contributed by atoms with E-state index < -0.39 is 0 Å². The molecule has 0 aliphatic heterocycles. The van der Waals surface area contributed by atoms with Crippen LogP contribution in [0.2, 0.25) is 0 Å². The quantitative estimate of drug-likeness (QED) is 0.149. The summed E-state index contributed by atoms with van der Waals surface area (Å²) in [6.45, 7) is -0.264. The van der Waals surface area contributed by atoms with Crippen LogP contribution >= 0.6 is 0 Å². The maximum Gasteiger partial charge on any atom is 0.270 e. The number of nitrogens with zero attached hydrogens (tertiary/aromatic N) is 6. The highest BCUT2D eigenvalue weighted by atomic mass is 15.3. The molecule has 0 radical (unpaired) electrons. The van der Waals surface area contributed by atoms with Gasteiger partial charge in [0, 0.05) is 58.8 Å². The van der Waals surface area contributed by atoms with Crippen LogP contribution in [-0.4, -0.2) is 35.6 Å². The minimum absolute atomic E-state index is 0.264. The molecule has 0 saturated heterocycles. The molecule has 10 rings (SSSR count). The summed E-state index contributed by atoms with van der Waals surface area (Å²) in [5.41, 5.74) is 12.6. The number of hydrogen-bond acceptors (Lipinski definition) is 3. The lowest BCUT2D eigenvalue weighted by Gasteiger charge is -2.19. The van der Waals surface area contributed by atoms with E-state index in [1.807, 2.05) is 37.8 Å². The largest absolute Gasteiger partial charge is 0.334 e. The summed E-state index contributed by atoms with van der Waals surface area (Å²) in [6.07, 6.45) is 5.73. The second-order valence-electron chi connectivity index (χ2n) is 13.8. The number of benzene rings is 6. The normalized spacial score (nSPS) is 11.4. The molecule has 0 N–H and O–H groups in total. The van der Waals surface area contributed by atoms with E-state index in [4.69, 9.17) is 10.1 Å². The second-order valence-corrected chi connectivity index (χ2v) is 13.8. The lowest BCUT2D eigenvalue weighted by Crippen LogP contribution is -2.54. The molecule has 4 heterocycles. The van der Waals surface area contributed by atoms with Gasteiger partial charge >= 0.3 is 0 Å². The summed E-state index contributed by atoms with van der Waals surface area (Å²) in [5.74, 6) is 0.931. The predicted octanol–water partition coefficient (Wildman–Crippen LogP) is 8.62. The van der Waals surface area contributed by atoms with E-state index in [0.29, 0.717) is 0 Å². The molecule has 0 amide bonds. The molecule has 6 nitrogen and oxygen atoms in total. The summed E-state index contributed by atoms with van der Waals surface area (Å²) in [6, 6.07) is 62.1. The molecule has 0 saturated carbocycles. The summed E-state index contributed by atoms with van der Waals surface area (Å²) in [5, 5.41) is 7.87. The number of fused-ring (bicyclic) bond motifs is 3. The predicted molar refractivity (Wildman–Crippen MR) is 226 cm³/mol. The van der Waals surface area contributed by atoms with Crippen molar-refractivity contribution < 1.29 is 0 Å². The van der Waals surface area contributed by atoms with E-state index in [2.05, 4.69) is 183 Å². The lowest BCUT2D eigenvalue weighted by molar-refractivity contribution is 0.892. The first-order chi connectivity index (χ1) is 27.2. The van der Waals surface area contributed by atoms with Crippen LogP contribution in [0.1, 0.15) is 0 Å². The molecule has 0 unspecified atom stereocenters. The third-order valence-electron chi connectivity index (χ3n) is 10.5. The number of imidazole rings is 1. The highest BCUT2D eigenvalue weighted by Crippen LogP contribution is 2.35. The fourth-order valence-electron chi connectivity index (χ4n) is 8.05. The van der Waals surface area contributed by atoms with Crippen LogP contribution in [0.5, 0.6) is 0 Å². The Labute approximate surface area is 319 Å². The molecule has 260 valence electrons. The summed E-state index contributed by atoms with van der Waals surface area (Å²) >= 11 is 0. The van der Waals surface area contributed by atoms with Gasteiger partial charge in [-0.15, -0.1) is 0 Å². The van der Waals surface area contributed by atoms with Gasteiger partial charge in [0.1, 0.15) is 5.82 Å². The second kappa shape index (κ2) is 13.6. The van der Waals surface area contributed by atoms with Crippen molar-refractivity contribution in [1.29, 1.82) is 0 Å². The summed E-state index contributed by atoms with van der Waals surface area (Å²) < 4.78 is 6.56. The van der Waals surface area contributed by atoms with Gasteiger partial charge in [-0.1, -0.05) is 133 Å². The van der Waals surface area contributed by atoms with Gasteiger partial charge < -0.3 is 9.13 Å². The van der Waals surface area contributed by atoms with E-state index >= 15 is 0 Å². The van der Waals surface area contributed by atoms with Gasteiger partial charge in [-0.25, -0.2) is 9.67 Å². The van der Waals surface area contributed by atoms with Gasteiger partial charge in [0.15, 0.2) is 0 Å². The molecule has 0 fully saturated rings. The zero-order valence-electron chi connectivity index (χ0n) is 30.2. The highest BCUT2D eigenvalue weighted by molar-refractivity contribution is 6.96. The van der Waals surface area contributed by atoms with Crippen LogP contribution in [-0.2, 0) is 7.05 Å². The van der Waals surface area contributed by atoms with Gasteiger partial charge in [-0.3, -0.25) is 4.98 Å². The molecule has 55 heavy (non-hydrogen) atoms. The Bertz CT molecular complexity index is 2930. The zero-order chi connectivity index (χ0) is 36.7. The number of aryl methyl sites for hydroxylation is 1. The Morgan fingerprint density at radius 3 is 1.95 bits per heavy atom. The third kappa shape index (κ3) is 5.65. The molecule has 7 heteroatoms. The first-order valence-corrected chi connectivity index (χ1v) is 18.5. The topological polar surface area (TPSA) is 53.5 Å². The van der Waals surface area contributed by atoms with Crippen LogP contribution in [0.3, 0.4) is 0 Å². The molecule has 0 spiro atoms. The van der Waals surface area contributed by atoms with E-state index in [9.17, 15) is 0 Å². The van der Waals surface area contributed by atoms with Gasteiger partial charge in [0.2, 0.25) is 0 Å². The Morgan fingerprint density at radius 2 is 1.20 bits per heavy atom. The SMILES string of the molecule is Cn1ccnc1-c1ccc2c3ccccc3n(-c3cccc(B(c4ccccn4)c4c(-c5ccccc5)nn(-c5ccccc5)c4-c4ccccc4)c3)c2c1. The summed E-state index contributed by atoms with van der Waals surface area (Å²) in [4.78, 5) is 9.75. The van der Waals surface area contributed by atoms with Gasteiger partial charge in [0.05, 0.1) is 28.1 Å². The number of para-hydroxylation sites is 2. The van der Waals surface area contributed by atoms with Crippen LogP contribution in [0.25, 0.3) is 67.1 Å². The van der Waals surface area contributed by atoms with Crippen LogP contribution < -0.4 is 16.5 Å². The van der Waals surface area contributed by atoms with Gasteiger partial charge in [-0.2, -0.15) is 5.10 Å². The smallest absolute Gasteiger partial charge is 0.270 e. The number of pyridine rings is 1. The molecule has 4 aromatic heterocycles. The molecule has 0 aliphatic rings. The fraction of sp³-hybridized carbons (Fsp3) is 0.0208. The average Bonchev–Trinajstić information content (AvgIpc) is 3.96. The van der Waals surface area contributed by atoms with Crippen molar-refractivity contribution in [3.05, 3.63) is 195 Å². The van der Waals surface area contributed by atoms with Crippen LogP contribution in [0.15, 0.2) is 195 Å². The minimum atomic E-state index is -0.264. The maximum atomic E-state index is 5.47. The Kier molecular flexibility index (Phi) is 8.03. The van der Waals surface area contributed by atoms with E-state index in [0.717, 1.165) is 72.8 Å². The van der Waals surface area contributed by atoms with Crippen molar-refractivity contribution in [2.75, 3.05) is 0 Å². The zero-order valence-corrected chi connectivity index (χ0v) is 30.2. The first kappa shape index (κ1) is 32.4. The fourth-order valence-corrected chi connectivity index (χ4v) is 8.05. The molecule has 0 aliphatic carbocycles. The average molecular weight is 707 g/mol. The molecule has 0 atom stereocenters. The number of hydrogen-bond donors (Lipinski definition) is 0. The third-order valence-corrected chi connectivity index (χ3v) is 10.5. The molecular formula is C48H35BN6. The maximum absolute atomic E-state index is 5.47. The monoisotopic (exact) mass is 706 g/mol. The standard InChI is InChI=1S/C48H35BN6/c1-53-31-30-51-48(53)36-27-28-41-40-24-11-12-25-42(40)54(43(41)32-36)39-23-15-20-37(33-39)49(44-26-13-14-29-50-44)45-46(34-16-5-2-6-17-34)52-55(38-21-9-4-10-22-38)47(45)35-18-7-3-8-19-35/h2-33H,1H3. The Morgan fingerprint density at radius 1 is 0.509 bits per heavy atom. The molecular weight excluding hydrogens is 671 g/mol. The van der Waals surface area contributed by atoms with Crippen LogP contribution in [0.4, 0.5) is 0 Å². The van der Waals surface area contributed by atoms with Gasteiger partial charge in [-0.05, 0) is 59.6 Å². The van der Waals surface area contributed by atoms with Crippen molar-refractivity contribution in [1.82, 2.24) is 28.9 Å². The lowest BCUT2D eigenvalue weighted by atomic mass is 9.37. The Balaban J connectivity index is 1.26. The van der Waals surface area contributed by atoms with Crippen molar-refractivity contribution >= 4 is 45.0 Å². The van der Waals surface area contributed by atoms with E-state index in [-0.39, 0.29) is 6.71 Å². The molecule has 6 aromatic carbocycles. The minimum Gasteiger partial charge on any atom is -0.334 e. The number of rotatable bonds is 8. The van der Waals surface area contributed by atoms with Crippen LogP contribution in [0, 0.1) is 0 Å². The van der Waals surface area contributed by atoms with Gasteiger partial charge in [0.25, 0.3) is 6.71 Å². The Hall–Kier alpha value is -7.25. The number of aromatic nitrogens is 6. The summed E-state index contributed by atoms with van der Waals surface area (Å²) in [7, 11) is 2.04. The highest BCUT2D eigenvalue weighted by Gasteiger charge is 2.34.